The molecular formula is C15H25N3O2. The van der Waals surface area contributed by atoms with Crippen LogP contribution in [0.15, 0.2) is 14.6 Å². The molecule has 0 N–H and O–H groups in total. The Morgan fingerprint density at radius 3 is 2.35 bits per heavy atom. The van der Waals surface area contributed by atoms with Gasteiger partial charge in [0.15, 0.2) is 0 Å². The Hall–Kier alpha value is -1.65. The molecule has 0 bridgehead atoms. The summed E-state index contributed by atoms with van der Waals surface area (Å²) in [5.74, 6) is 0.478. The molecule has 0 aliphatic rings. The summed E-state index contributed by atoms with van der Waals surface area (Å²) in [6.45, 7) is 5.85. The highest BCUT2D eigenvalue weighted by Crippen LogP contribution is 2.13. The summed E-state index contributed by atoms with van der Waals surface area (Å²) < 4.78 is 2.55. The van der Waals surface area contributed by atoms with Crippen LogP contribution in [0, 0.1) is 6.92 Å². The van der Waals surface area contributed by atoms with E-state index in [9.17, 15) is 9.59 Å². The van der Waals surface area contributed by atoms with E-state index in [-0.39, 0.29) is 11.2 Å². The zero-order valence-electron chi connectivity index (χ0n) is 13.2. The first-order chi connectivity index (χ1) is 9.40. The minimum atomic E-state index is -0.335. The standard InChI is InChI=1S/C15H25N3O2/c1-6-7-8-9-10-11(2)16-13-12(3)14(19)18(5)15(20)17(13)4/h6-10H2,1-5H3/b16-11+. The molecule has 0 unspecified atom stereocenters. The fourth-order valence-corrected chi connectivity index (χ4v) is 2.20. The van der Waals surface area contributed by atoms with Gasteiger partial charge in [-0.25, -0.2) is 9.79 Å². The molecule has 1 aromatic rings. The monoisotopic (exact) mass is 279 g/mol. The van der Waals surface area contributed by atoms with Crippen LogP contribution in [0.1, 0.15) is 51.5 Å². The molecule has 20 heavy (non-hydrogen) atoms. The van der Waals surface area contributed by atoms with Crippen LogP contribution in [-0.2, 0) is 14.1 Å². The SMILES string of the molecule is CCCCCC/C(C)=N/c1c(C)c(=O)n(C)c(=O)n1C. The fraction of sp³-hybridized carbons (Fsp3) is 0.667. The zero-order valence-corrected chi connectivity index (χ0v) is 13.2. The number of nitrogens with zero attached hydrogens (tertiary/aromatic N) is 3. The fourth-order valence-electron chi connectivity index (χ4n) is 2.20. The number of hydrogen-bond donors (Lipinski definition) is 0. The van der Waals surface area contributed by atoms with Gasteiger partial charge in [0.2, 0.25) is 0 Å². The maximum Gasteiger partial charge on any atom is 0.332 e. The third kappa shape index (κ3) is 3.68. The summed E-state index contributed by atoms with van der Waals surface area (Å²) in [5.41, 5.74) is 0.874. The quantitative estimate of drug-likeness (QED) is 0.593. The first kappa shape index (κ1) is 16.4. The second-order valence-corrected chi connectivity index (χ2v) is 5.31. The lowest BCUT2D eigenvalue weighted by Gasteiger charge is -2.10. The van der Waals surface area contributed by atoms with Crippen LogP contribution in [0.4, 0.5) is 5.82 Å². The van der Waals surface area contributed by atoms with E-state index in [2.05, 4.69) is 11.9 Å². The van der Waals surface area contributed by atoms with E-state index >= 15 is 0 Å². The van der Waals surface area contributed by atoms with Crippen molar-refractivity contribution < 1.29 is 0 Å². The van der Waals surface area contributed by atoms with Crippen molar-refractivity contribution in [2.75, 3.05) is 0 Å². The molecule has 5 nitrogen and oxygen atoms in total. The summed E-state index contributed by atoms with van der Waals surface area (Å²) in [4.78, 5) is 28.3. The number of unbranched alkanes of at least 4 members (excludes halogenated alkanes) is 3. The number of aromatic nitrogens is 2. The second-order valence-electron chi connectivity index (χ2n) is 5.31. The molecule has 0 fully saturated rings. The molecule has 0 amide bonds. The molecule has 0 saturated heterocycles. The van der Waals surface area contributed by atoms with Crippen molar-refractivity contribution in [2.45, 2.75) is 52.9 Å². The molecule has 0 spiro atoms. The van der Waals surface area contributed by atoms with Gasteiger partial charge >= 0.3 is 5.69 Å². The Bertz CT molecular complexity index is 572. The molecule has 112 valence electrons. The van der Waals surface area contributed by atoms with Crippen molar-refractivity contribution in [1.29, 1.82) is 0 Å². The normalized spacial score (nSPS) is 11.9. The Morgan fingerprint density at radius 2 is 1.75 bits per heavy atom. The van der Waals surface area contributed by atoms with Crippen LogP contribution >= 0.6 is 0 Å². The third-order valence-electron chi connectivity index (χ3n) is 3.54. The molecule has 5 heteroatoms. The topological polar surface area (TPSA) is 56.4 Å². The molecule has 0 aromatic carbocycles. The van der Waals surface area contributed by atoms with Gasteiger partial charge in [-0.1, -0.05) is 26.2 Å². The van der Waals surface area contributed by atoms with Crippen molar-refractivity contribution in [3.05, 3.63) is 26.4 Å². The summed E-state index contributed by atoms with van der Waals surface area (Å²) in [6, 6.07) is 0. The van der Waals surface area contributed by atoms with Gasteiger partial charge in [-0.05, 0) is 26.7 Å². The minimum Gasteiger partial charge on any atom is -0.281 e. The molecule has 1 aromatic heterocycles. The molecule has 1 heterocycles. The predicted octanol–water partition coefficient (Wildman–Crippen LogP) is 2.46. The molecule has 0 radical (unpaired) electrons. The van der Waals surface area contributed by atoms with E-state index in [0.29, 0.717) is 11.4 Å². The molecular weight excluding hydrogens is 254 g/mol. The average Bonchev–Trinajstić information content (AvgIpc) is 2.44. The van der Waals surface area contributed by atoms with Crippen LogP contribution in [0.2, 0.25) is 0 Å². The van der Waals surface area contributed by atoms with Gasteiger partial charge < -0.3 is 0 Å². The first-order valence-corrected chi connectivity index (χ1v) is 7.20. The largest absolute Gasteiger partial charge is 0.332 e. The predicted molar refractivity (Wildman–Crippen MR) is 83.2 cm³/mol. The van der Waals surface area contributed by atoms with Crippen LogP contribution < -0.4 is 11.2 Å². The maximum atomic E-state index is 11.9. The molecule has 0 aliphatic heterocycles. The molecule has 0 atom stereocenters. The Kier molecular flexibility index (Phi) is 5.92. The lowest BCUT2D eigenvalue weighted by Crippen LogP contribution is -2.38. The van der Waals surface area contributed by atoms with Crippen LogP contribution in [0.5, 0.6) is 0 Å². The van der Waals surface area contributed by atoms with Crippen molar-refractivity contribution >= 4 is 11.5 Å². The minimum absolute atomic E-state index is 0.273. The van der Waals surface area contributed by atoms with Gasteiger partial charge in [0.05, 0.1) is 5.56 Å². The average molecular weight is 279 g/mol. The smallest absolute Gasteiger partial charge is 0.281 e. The van der Waals surface area contributed by atoms with E-state index in [0.717, 1.165) is 23.1 Å². The van der Waals surface area contributed by atoms with E-state index in [1.165, 1.54) is 30.9 Å². The van der Waals surface area contributed by atoms with Gasteiger partial charge in [0.25, 0.3) is 5.56 Å². The van der Waals surface area contributed by atoms with Crippen LogP contribution in [-0.4, -0.2) is 14.8 Å². The molecule has 1 rings (SSSR count). The lowest BCUT2D eigenvalue weighted by molar-refractivity contribution is 0.675. The van der Waals surface area contributed by atoms with Crippen molar-refractivity contribution in [1.82, 2.24) is 9.13 Å². The van der Waals surface area contributed by atoms with Gasteiger partial charge in [-0.3, -0.25) is 13.9 Å². The summed E-state index contributed by atoms with van der Waals surface area (Å²) in [7, 11) is 3.14. The summed E-state index contributed by atoms with van der Waals surface area (Å²) >= 11 is 0. The highest BCUT2D eigenvalue weighted by atomic mass is 16.2. The van der Waals surface area contributed by atoms with E-state index < -0.39 is 0 Å². The molecule has 0 aliphatic carbocycles. The van der Waals surface area contributed by atoms with Gasteiger partial charge in [-0.15, -0.1) is 0 Å². The molecule has 0 saturated carbocycles. The highest BCUT2D eigenvalue weighted by Gasteiger charge is 2.11. The lowest BCUT2D eigenvalue weighted by atomic mass is 10.1. The Balaban J connectivity index is 3.03. The van der Waals surface area contributed by atoms with Crippen molar-refractivity contribution in [2.24, 2.45) is 19.1 Å². The van der Waals surface area contributed by atoms with Gasteiger partial charge in [0.1, 0.15) is 5.82 Å². The van der Waals surface area contributed by atoms with Gasteiger partial charge in [0, 0.05) is 19.8 Å². The van der Waals surface area contributed by atoms with Crippen LogP contribution in [0.3, 0.4) is 0 Å². The summed E-state index contributed by atoms with van der Waals surface area (Å²) in [5, 5.41) is 0. The summed E-state index contributed by atoms with van der Waals surface area (Å²) in [6.07, 6.45) is 5.64. The number of aliphatic imine (C=N–C) groups is 1. The first-order valence-electron chi connectivity index (χ1n) is 7.20. The zero-order chi connectivity index (χ0) is 15.3. The second kappa shape index (κ2) is 7.22. The van der Waals surface area contributed by atoms with Crippen molar-refractivity contribution in [3.63, 3.8) is 0 Å². The number of rotatable bonds is 6. The highest BCUT2D eigenvalue weighted by molar-refractivity contribution is 5.84. The van der Waals surface area contributed by atoms with E-state index in [4.69, 9.17) is 0 Å². The van der Waals surface area contributed by atoms with E-state index in [1.54, 1.807) is 14.0 Å². The van der Waals surface area contributed by atoms with E-state index in [1.807, 2.05) is 6.92 Å². The van der Waals surface area contributed by atoms with Crippen LogP contribution in [0.25, 0.3) is 0 Å². The number of hydrogen-bond acceptors (Lipinski definition) is 3. The Morgan fingerprint density at radius 1 is 1.10 bits per heavy atom. The maximum absolute atomic E-state index is 11.9. The van der Waals surface area contributed by atoms with Crippen molar-refractivity contribution in [3.8, 4) is 0 Å². The third-order valence-corrected chi connectivity index (χ3v) is 3.54. The van der Waals surface area contributed by atoms with Gasteiger partial charge in [-0.2, -0.15) is 0 Å². The Labute approximate surface area is 120 Å².